The number of hydrogen-bond donors (Lipinski definition) is 2. The van der Waals surface area contributed by atoms with Crippen LogP contribution in [0.25, 0.3) is 0 Å². The molecule has 0 aromatic carbocycles. The Labute approximate surface area is 139 Å². The maximum Gasteiger partial charge on any atom is 0.421 e. The highest BCUT2D eigenvalue weighted by Crippen LogP contribution is 2.46. The summed E-state index contributed by atoms with van der Waals surface area (Å²) >= 11 is 3.16. The van der Waals surface area contributed by atoms with Crippen molar-refractivity contribution < 1.29 is 18.0 Å². The third-order valence-corrected chi connectivity index (χ3v) is 5.31. The molecule has 5 nitrogen and oxygen atoms in total. The van der Waals surface area contributed by atoms with Gasteiger partial charge >= 0.3 is 6.18 Å². The molecule has 23 heavy (non-hydrogen) atoms. The number of halogens is 4. The van der Waals surface area contributed by atoms with E-state index in [2.05, 4.69) is 26.2 Å². The van der Waals surface area contributed by atoms with Gasteiger partial charge in [0.05, 0.1) is 15.6 Å². The summed E-state index contributed by atoms with van der Waals surface area (Å²) in [5, 5.41) is 2.81. The fraction of sp³-hybridized carbons (Fsp3) is 0.571. The van der Waals surface area contributed by atoms with Crippen LogP contribution in [0.1, 0.15) is 24.8 Å². The second-order valence-electron chi connectivity index (χ2n) is 5.99. The zero-order valence-corrected chi connectivity index (χ0v) is 13.8. The van der Waals surface area contributed by atoms with Crippen molar-refractivity contribution in [3.8, 4) is 0 Å². The van der Waals surface area contributed by atoms with E-state index in [0.717, 1.165) is 6.42 Å². The summed E-state index contributed by atoms with van der Waals surface area (Å²) in [7, 11) is 0. The van der Waals surface area contributed by atoms with Crippen LogP contribution in [0, 0.1) is 5.41 Å². The van der Waals surface area contributed by atoms with Crippen LogP contribution < -0.4 is 16.0 Å². The van der Waals surface area contributed by atoms with E-state index < -0.39 is 23.0 Å². The van der Waals surface area contributed by atoms with Gasteiger partial charge in [0.15, 0.2) is 0 Å². The van der Waals surface area contributed by atoms with Crippen molar-refractivity contribution in [3.05, 3.63) is 16.2 Å². The van der Waals surface area contributed by atoms with Crippen LogP contribution in [0.15, 0.2) is 10.7 Å². The molecule has 1 spiro atoms. The fourth-order valence-electron chi connectivity index (χ4n) is 3.43. The second-order valence-corrected chi connectivity index (χ2v) is 6.84. The van der Waals surface area contributed by atoms with Gasteiger partial charge in [-0.3, -0.25) is 4.79 Å². The molecule has 0 saturated carbocycles. The van der Waals surface area contributed by atoms with Crippen LogP contribution in [-0.2, 0) is 11.0 Å². The monoisotopic (exact) mass is 392 g/mol. The first-order chi connectivity index (χ1) is 10.7. The van der Waals surface area contributed by atoms with Crippen molar-refractivity contribution in [2.24, 2.45) is 5.41 Å². The minimum absolute atomic E-state index is 0.0123. The number of anilines is 2. The number of nitrogens with one attached hydrogen (secondary N) is 1. The van der Waals surface area contributed by atoms with Crippen LogP contribution in [-0.4, -0.2) is 30.5 Å². The number of carbonyl (C=O) groups is 1. The lowest BCUT2D eigenvalue weighted by Gasteiger charge is -2.39. The van der Waals surface area contributed by atoms with E-state index in [1.807, 2.05) is 0 Å². The maximum atomic E-state index is 13.4. The molecule has 3 rings (SSSR count). The summed E-state index contributed by atoms with van der Waals surface area (Å²) in [6, 6.07) is 0. The van der Waals surface area contributed by atoms with Crippen LogP contribution in [0.5, 0.6) is 0 Å². The fourth-order valence-corrected chi connectivity index (χ4v) is 3.98. The van der Waals surface area contributed by atoms with Crippen molar-refractivity contribution in [2.75, 3.05) is 30.3 Å². The molecule has 2 aliphatic heterocycles. The minimum atomic E-state index is -4.59. The van der Waals surface area contributed by atoms with Gasteiger partial charge in [-0.05, 0) is 35.2 Å². The molecule has 1 amide bonds. The molecule has 0 aliphatic carbocycles. The van der Waals surface area contributed by atoms with Gasteiger partial charge in [-0.2, -0.15) is 13.2 Å². The van der Waals surface area contributed by atoms with E-state index in [4.69, 9.17) is 5.73 Å². The van der Waals surface area contributed by atoms with Crippen LogP contribution in [0.2, 0.25) is 0 Å². The third kappa shape index (κ3) is 2.75. The Balaban J connectivity index is 1.92. The number of amides is 1. The van der Waals surface area contributed by atoms with Crippen LogP contribution in [0.4, 0.5) is 24.7 Å². The predicted molar refractivity (Wildman–Crippen MR) is 82.9 cm³/mol. The normalized spacial score (nSPS) is 20.9. The number of alkyl halides is 3. The highest BCUT2D eigenvalue weighted by atomic mass is 79.9. The molecule has 2 saturated heterocycles. The lowest BCUT2D eigenvalue weighted by Crippen LogP contribution is -2.44. The Morgan fingerprint density at radius 2 is 1.96 bits per heavy atom. The zero-order chi connectivity index (χ0) is 16.8. The van der Waals surface area contributed by atoms with E-state index in [1.54, 1.807) is 4.90 Å². The summed E-state index contributed by atoms with van der Waals surface area (Å²) in [6.07, 6.45) is -1.50. The van der Waals surface area contributed by atoms with Crippen molar-refractivity contribution in [3.63, 3.8) is 0 Å². The van der Waals surface area contributed by atoms with Gasteiger partial charge in [-0.15, -0.1) is 0 Å². The highest BCUT2D eigenvalue weighted by molar-refractivity contribution is 9.10. The molecule has 0 bridgehead atoms. The molecule has 1 aromatic rings. The Morgan fingerprint density at radius 3 is 2.48 bits per heavy atom. The van der Waals surface area contributed by atoms with Gasteiger partial charge in [0.2, 0.25) is 5.91 Å². The summed E-state index contributed by atoms with van der Waals surface area (Å²) in [5.74, 6) is -0.518. The molecule has 1 aromatic heterocycles. The van der Waals surface area contributed by atoms with Crippen LogP contribution >= 0.6 is 15.9 Å². The number of nitrogens with two attached hydrogens (primary N) is 1. The average Bonchev–Trinajstić information content (AvgIpc) is 2.82. The van der Waals surface area contributed by atoms with E-state index >= 15 is 0 Å². The molecule has 0 radical (unpaired) electrons. The van der Waals surface area contributed by atoms with Gasteiger partial charge in [-0.1, -0.05) is 0 Å². The quantitative estimate of drug-likeness (QED) is 0.770. The van der Waals surface area contributed by atoms with Gasteiger partial charge in [0.1, 0.15) is 11.4 Å². The topological polar surface area (TPSA) is 71.2 Å². The number of nitrogen functional groups attached to an aromatic ring is 1. The number of piperidine rings is 1. The largest absolute Gasteiger partial charge is 0.421 e. The van der Waals surface area contributed by atoms with Crippen molar-refractivity contribution in [1.82, 2.24) is 10.3 Å². The van der Waals surface area contributed by atoms with Gasteiger partial charge in [0, 0.05) is 25.8 Å². The number of rotatable bonds is 1. The van der Waals surface area contributed by atoms with E-state index in [0.29, 0.717) is 32.5 Å². The number of pyridine rings is 1. The molecule has 2 aliphatic rings. The lowest BCUT2D eigenvalue weighted by atomic mass is 9.77. The Morgan fingerprint density at radius 1 is 1.30 bits per heavy atom. The zero-order valence-electron chi connectivity index (χ0n) is 12.2. The molecule has 2 fully saturated rings. The maximum absolute atomic E-state index is 13.4. The summed E-state index contributed by atoms with van der Waals surface area (Å²) < 4.78 is 40.4. The highest BCUT2D eigenvalue weighted by Gasteiger charge is 2.46. The molecule has 0 atom stereocenters. The lowest BCUT2D eigenvalue weighted by molar-refractivity contribution is -0.137. The number of aromatic nitrogens is 1. The first-order valence-corrected chi connectivity index (χ1v) is 8.08. The molecular weight excluding hydrogens is 377 g/mol. The number of carbonyl (C=O) groups excluding carboxylic acids is 1. The standard InChI is InChI=1S/C14H16BrF3N4O/c15-8-7-21-11(19)9(14(16,17)18)10(8)22-5-2-13(3-6-22)1-4-20-12(13)23/h7H,1-6H2,(H2,19,21)(H,20,23). The van der Waals surface area contributed by atoms with Crippen molar-refractivity contribution >= 4 is 33.3 Å². The summed E-state index contributed by atoms with van der Waals surface area (Å²) in [6.45, 7) is 1.38. The Hall–Kier alpha value is -1.51. The van der Waals surface area contributed by atoms with Crippen molar-refractivity contribution in [1.29, 1.82) is 0 Å². The van der Waals surface area contributed by atoms with E-state index in [1.165, 1.54) is 6.20 Å². The summed E-state index contributed by atoms with van der Waals surface area (Å²) in [4.78, 5) is 17.2. The smallest absolute Gasteiger partial charge is 0.383 e. The first-order valence-electron chi connectivity index (χ1n) is 7.29. The minimum Gasteiger partial charge on any atom is -0.383 e. The van der Waals surface area contributed by atoms with E-state index in [9.17, 15) is 18.0 Å². The van der Waals surface area contributed by atoms with Gasteiger partial charge in [0.25, 0.3) is 0 Å². The predicted octanol–water partition coefficient (Wildman–Crippen LogP) is 2.55. The first kappa shape index (κ1) is 16.4. The number of hydrogen-bond acceptors (Lipinski definition) is 4. The number of nitrogens with zero attached hydrogens (tertiary/aromatic N) is 2. The molecule has 0 unspecified atom stereocenters. The SMILES string of the molecule is Nc1ncc(Br)c(N2CCC3(CCNC3=O)CC2)c1C(F)(F)F. The molecule has 3 heterocycles. The van der Waals surface area contributed by atoms with Gasteiger partial charge < -0.3 is 16.0 Å². The second kappa shape index (κ2) is 5.54. The molecule has 9 heteroatoms. The van der Waals surface area contributed by atoms with Gasteiger partial charge in [-0.25, -0.2) is 4.98 Å². The average molecular weight is 393 g/mol. The van der Waals surface area contributed by atoms with Crippen LogP contribution in [0.3, 0.4) is 0 Å². The molecule has 3 N–H and O–H groups in total. The Kier molecular flexibility index (Phi) is 3.94. The molecule has 126 valence electrons. The molecular formula is C14H16BrF3N4O. The summed E-state index contributed by atoms with van der Waals surface area (Å²) in [5.41, 5.74) is 4.14. The third-order valence-electron chi connectivity index (χ3n) is 4.73. The Bertz CT molecular complexity index is 642. The van der Waals surface area contributed by atoms with E-state index in [-0.39, 0.29) is 16.1 Å². The van der Waals surface area contributed by atoms with Crippen molar-refractivity contribution in [2.45, 2.75) is 25.4 Å².